The maximum atomic E-state index is 13.1. The smallest absolute Gasteiger partial charge is 0.205 e. The summed E-state index contributed by atoms with van der Waals surface area (Å²) in [5, 5.41) is 3.60. The Labute approximate surface area is 175 Å². The quantitative estimate of drug-likeness (QED) is 0.388. The van der Waals surface area contributed by atoms with E-state index in [1.807, 2.05) is 0 Å². The van der Waals surface area contributed by atoms with Gasteiger partial charge in [0.15, 0.2) is 0 Å². The van der Waals surface area contributed by atoms with Crippen LogP contribution in [0.4, 0.5) is 5.69 Å². The van der Waals surface area contributed by atoms with Crippen LogP contribution in [0.3, 0.4) is 0 Å². The van der Waals surface area contributed by atoms with E-state index in [4.69, 9.17) is 22.3 Å². The Balaban J connectivity index is 1.74. The average Bonchev–Trinajstić information content (AvgIpc) is 3.35. The second kappa shape index (κ2) is 6.99. The summed E-state index contributed by atoms with van der Waals surface area (Å²) in [7, 11) is 0. The van der Waals surface area contributed by atoms with Gasteiger partial charge in [0.1, 0.15) is 9.71 Å². The molecule has 0 bridgehead atoms. The summed E-state index contributed by atoms with van der Waals surface area (Å²) < 4.78 is 0. The van der Waals surface area contributed by atoms with E-state index in [-0.39, 0.29) is 5.78 Å². The lowest BCUT2D eigenvalue weighted by molar-refractivity contribution is 0.104. The Morgan fingerprint density at radius 2 is 1.93 bits per heavy atom. The molecular weight excluding hydrogens is 408 g/mol. The van der Waals surface area contributed by atoms with Gasteiger partial charge in [0.2, 0.25) is 5.78 Å². The number of benzene rings is 1. The van der Waals surface area contributed by atoms with E-state index < -0.39 is 0 Å². The molecule has 0 aliphatic heterocycles. The zero-order valence-electron chi connectivity index (χ0n) is 15.0. The van der Waals surface area contributed by atoms with Crippen molar-refractivity contribution in [3.63, 3.8) is 0 Å². The number of nitrogens with two attached hydrogens (primary N) is 1. The lowest BCUT2D eigenvalue weighted by Crippen LogP contribution is -2.07. The van der Waals surface area contributed by atoms with E-state index in [0.717, 1.165) is 41.6 Å². The zero-order chi connectivity index (χ0) is 19.3. The third-order valence-corrected chi connectivity index (χ3v) is 7.45. The van der Waals surface area contributed by atoms with E-state index in [2.05, 4.69) is 17.5 Å². The van der Waals surface area contributed by atoms with Crippen molar-refractivity contribution in [2.45, 2.75) is 25.7 Å². The van der Waals surface area contributed by atoms with Crippen LogP contribution in [0, 0.1) is 0 Å². The van der Waals surface area contributed by atoms with Crippen LogP contribution in [0.2, 0.25) is 5.02 Å². The van der Waals surface area contributed by atoms with Crippen LogP contribution < -0.4 is 5.73 Å². The molecule has 0 atom stereocenters. The molecule has 3 heterocycles. The van der Waals surface area contributed by atoms with Gasteiger partial charge in [-0.1, -0.05) is 29.8 Å². The first-order chi connectivity index (χ1) is 13.6. The summed E-state index contributed by atoms with van der Waals surface area (Å²) in [5.74, 6) is -0.0924. The van der Waals surface area contributed by atoms with Crippen LogP contribution in [0.25, 0.3) is 20.8 Å². The highest BCUT2D eigenvalue weighted by Crippen LogP contribution is 2.43. The Morgan fingerprint density at radius 3 is 2.68 bits per heavy atom. The molecule has 1 aliphatic rings. The van der Waals surface area contributed by atoms with Gasteiger partial charge < -0.3 is 5.73 Å². The molecule has 3 nitrogen and oxygen atoms in total. The predicted octanol–water partition coefficient (Wildman–Crippen LogP) is 6.37. The largest absolute Gasteiger partial charge is 0.397 e. The molecule has 3 aromatic heterocycles. The Bertz CT molecular complexity index is 1210. The standard InChI is InChI=1S/C22H17ClN2OS2/c23-13-6-3-5-12(11-13)20(26)21-18(24)17-14-7-1-2-8-15(14)19(25-22(17)28-21)16-9-4-10-27-16/h3-6,9-11H,1-2,7-8,24H2. The molecule has 0 unspecified atom stereocenters. The van der Waals surface area contributed by atoms with Crippen LogP contribution in [0.1, 0.15) is 39.2 Å². The monoisotopic (exact) mass is 424 g/mol. The van der Waals surface area contributed by atoms with Crippen LogP contribution in [0.15, 0.2) is 41.8 Å². The van der Waals surface area contributed by atoms with Crippen LogP contribution >= 0.6 is 34.3 Å². The van der Waals surface area contributed by atoms with E-state index in [1.54, 1.807) is 35.6 Å². The minimum Gasteiger partial charge on any atom is -0.397 e. The van der Waals surface area contributed by atoms with Crippen molar-refractivity contribution in [1.29, 1.82) is 0 Å². The van der Waals surface area contributed by atoms with Crippen molar-refractivity contribution in [3.8, 4) is 10.6 Å². The van der Waals surface area contributed by atoms with Gasteiger partial charge in [0, 0.05) is 16.0 Å². The maximum Gasteiger partial charge on any atom is 0.205 e. The van der Waals surface area contributed by atoms with Gasteiger partial charge in [0.05, 0.1) is 16.3 Å². The molecule has 1 aliphatic carbocycles. The molecule has 0 spiro atoms. The number of carbonyl (C=O) groups excluding carboxylic acids is 1. The molecular formula is C22H17ClN2OS2. The highest BCUT2D eigenvalue weighted by Gasteiger charge is 2.26. The second-order valence-corrected chi connectivity index (χ2v) is 9.35. The SMILES string of the molecule is Nc1c(C(=O)c2cccc(Cl)c2)sc2nc(-c3cccs3)c3c(c12)CCCC3. The number of thiophene rings is 2. The molecule has 0 saturated heterocycles. The summed E-state index contributed by atoms with van der Waals surface area (Å²) in [6, 6.07) is 11.2. The number of anilines is 1. The van der Waals surface area contributed by atoms with Gasteiger partial charge in [0.25, 0.3) is 0 Å². The lowest BCUT2D eigenvalue weighted by atomic mass is 9.88. The molecule has 2 N–H and O–H groups in total. The fourth-order valence-electron chi connectivity index (χ4n) is 3.96. The topological polar surface area (TPSA) is 56.0 Å². The molecule has 1 aromatic carbocycles. The molecule has 0 fully saturated rings. The third kappa shape index (κ3) is 2.85. The zero-order valence-corrected chi connectivity index (χ0v) is 17.4. The number of halogens is 1. The van der Waals surface area contributed by atoms with Gasteiger partial charge in [-0.3, -0.25) is 4.79 Å². The number of aryl methyl sites for hydroxylation is 1. The molecule has 5 rings (SSSR count). The first kappa shape index (κ1) is 17.9. The number of rotatable bonds is 3. The van der Waals surface area contributed by atoms with E-state index >= 15 is 0 Å². The molecule has 0 amide bonds. The van der Waals surface area contributed by atoms with Crippen LogP contribution in [0.5, 0.6) is 0 Å². The number of nitrogen functional groups attached to an aromatic ring is 1. The highest BCUT2D eigenvalue weighted by molar-refractivity contribution is 7.21. The lowest BCUT2D eigenvalue weighted by Gasteiger charge is -2.19. The number of hydrogen-bond acceptors (Lipinski definition) is 5. The minimum atomic E-state index is -0.0924. The van der Waals surface area contributed by atoms with Crippen molar-refractivity contribution in [2.75, 3.05) is 5.73 Å². The molecule has 4 aromatic rings. The number of pyridine rings is 1. The number of aromatic nitrogens is 1. The number of fused-ring (bicyclic) bond motifs is 3. The van der Waals surface area contributed by atoms with Crippen molar-refractivity contribution in [2.24, 2.45) is 0 Å². The minimum absolute atomic E-state index is 0.0924. The number of carbonyl (C=O) groups is 1. The Kier molecular flexibility index (Phi) is 4.46. The summed E-state index contributed by atoms with van der Waals surface area (Å²) in [5.41, 5.74) is 11.3. The maximum absolute atomic E-state index is 13.1. The van der Waals surface area contributed by atoms with Gasteiger partial charge in [-0.25, -0.2) is 4.98 Å². The van der Waals surface area contributed by atoms with Crippen molar-refractivity contribution in [1.82, 2.24) is 4.98 Å². The van der Waals surface area contributed by atoms with E-state index in [0.29, 0.717) is 21.2 Å². The second-order valence-electron chi connectivity index (χ2n) is 6.97. The van der Waals surface area contributed by atoms with Gasteiger partial charge in [-0.2, -0.15) is 0 Å². The average molecular weight is 425 g/mol. The number of nitrogens with zero attached hydrogens (tertiary/aromatic N) is 1. The normalized spacial score (nSPS) is 13.6. The fraction of sp³-hybridized carbons (Fsp3) is 0.182. The predicted molar refractivity (Wildman–Crippen MR) is 119 cm³/mol. The molecule has 6 heteroatoms. The molecule has 28 heavy (non-hydrogen) atoms. The Hall–Kier alpha value is -2.21. The molecule has 0 saturated carbocycles. The fourth-order valence-corrected chi connectivity index (χ4v) is 5.98. The van der Waals surface area contributed by atoms with Gasteiger partial charge >= 0.3 is 0 Å². The van der Waals surface area contributed by atoms with Crippen molar-refractivity contribution in [3.05, 3.63) is 68.4 Å². The van der Waals surface area contributed by atoms with Crippen molar-refractivity contribution < 1.29 is 4.79 Å². The van der Waals surface area contributed by atoms with Crippen LogP contribution in [-0.4, -0.2) is 10.8 Å². The first-order valence-corrected chi connectivity index (χ1v) is 11.3. The van der Waals surface area contributed by atoms with E-state index in [9.17, 15) is 4.79 Å². The van der Waals surface area contributed by atoms with Gasteiger partial charge in [-0.15, -0.1) is 22.7 Å². The molecule has 140 valence electrons. The molecule has 0 radical (unpaired) electrons. The Morgan fingerprint density at radius 1 is 1.11 bits per heavy atom. The summed E-state index contributed by atoms with van der Waals surface area (Å²) in [6.45, 7) is 0. The first-order valence-electron chi connectivity index (χ1n) is 9.21. The third-order valence-electron chi connectivity index (χ3n) is 5.24. The van der Waals surface area contributed by atoms with Gasteiger partial charge in [-0.05, 0) is 60.4 Å². The number of hydrogen-bond donors (Lipinski definition) is 1. The highest BCUT2D eigenvalue weighted by atomic mass is 35.5. The summed E-state index contributed by atoms with van der Waals surface area (Å²) >= 11 is 9.17. The summed E-state index contributed by atoms with van der Waals surface area (Å²) in [6.07, 6.45) is 4.30. The van der Waals surface area contributed by atoms with Crippen molar-refractivity contribution >= 4 is 56.0 Å². The van der Waals surface area contributed by atoms with Crippen LogP contribution in [-0.2, 0) is 12.8 Å². The number of ketones is 1. The summed E-state index contributed by atoms with van der Waals surface area (Å²) in [4.78, 5) is 20.7. The van der Waals surface area contributed by atoms with E-state index in [1.165, 1.54) is 27.3 Å².